The van der Waals surface area contributed by atoms with Gasteiger partial charge in [-0.15, -0.1) is 0 Å². The average Bonchev–Trinajstić information content (AvgIpc) is 2.86. The second-order valence-electron chi connectivity index (χ2n) is 8.24. The van der Waals surface area contributed by atoms with Gasteiger partial charge in [0.05, 0.1) is 17.7 Å². The van der Waals surface area contributed by atoms with Gasteiger partial charge >= 0.3 is 23.9 Å². The van der Waals surface area contributed by atoms with Crippen LogP contribution in [-0.4, -0.2) is 71.6 Å². The maximum Gasteiger partial charge on any atom is 0.343 e. The molecule has 0 saturated heterocycles. The van der Waals surface area contributed by atoms with Crippen LogP contribution >= 0.6 is 0 Å². The van der Waals surface area contributed by atoms with Gasteiger partial charge in [-0.2, -0.15) is 0 Å². The van der Waals surface area contributed by atoms with Gasteiger partial charge in [0.15, 0.2) is 12.6 Å². The molecule has 2 rings (SSSR count). The van der Waals surface area contributed by atoms with Gasteiger partial charge in [-0.1, -0.05) is 12.1 Å². The predicted molar refractivity (Wildman–Crippen MR) is 140 cm³/mol. The number of aliphatic carboxylic acids is 2. The third-order valence-electron chi connectivity index (χ3n) is 4.73. The van der Waals surface area contributed by atoms with Gasteiger partial charge in [-0.3, -0.25) is 19.2 Å². The van der Waals surface area contributed by atoms with Crippen LogP contribution < -0.4 is 16.2 Å². The number of amides is 1. The number of nitrogens with two attached hydrogens (primary N) is 2. The fourth-order valence-corrected chi connectivity index (χ4v) is 2.70. The van der Waals surface area contributed by atoms with E-state index in [-0.39, 0.29) is 37.7 Å². The minimum atomic E-state index is -0.870. The summed E-state index contributed by atoms with van der Waals surface area (Å²) in [6.45, 7) is -0.302. The molecule has 2 aromatic carbocycles. The van der Waals surface area contributed by atoms with Gasteiger partial charge in [0, 0.05) is 26.9 Å². The van der Waals surface area contributed by atoms with Crippen LogP contribution in [0, 0.1) is 0 Å². The summed E-state index contributed by atoms with van der Waals surface area (Å²) in [5, 5.41) is 16.3. The van der Waals surface area contributed by atoms with E-state index in [9.17, 15) is 24.0 Å². The number of hydrogen-bond acceptors (Lipinski definition) is 8. The highest BCUT2D eigenvalue weighted by Crippen LogP contribution is 2.17. The van der Waals surface area contributed by atoms with E-state index < -0.39 is 23.9 Å². The first kappa shape index (κ1) is 32.1. The number of carboxylic acid groups (broad SMARTS) is 2. The van der Waals surface area contributed by atoms with Crippen LogP contribution in [0.4, 0.5) is 5.69 Å². The first-order valence-electron chi connectivity index (χ1n) is 11.7. The SMILES string of the molecule is CN(C)C(=O)COC(=O)Cc1ccc(OC(=O)c2ccc(N=C(N)N)cc2)cc1.O=C(O)CCCCC(=O)O. The third kappa shape index (κ3) is 14.4. The van der Waals surface area contributed by atoms with Crippen molar-refractivity contribution < 1.29 is 43.7 Å². The average molecular weight is 545 g/mol. The monoisotopic (exact) mass is 544 g/mol. The second-order valence-corrected chi connectivity index (χ2v) is 8.24. The number of aliphatic imine (C=N–C) groups is 1. The van der Waals surface area contributed by atoms with Gasteiger partial charge in [0.2, 0.25) is 0 Å². The van der Waals surface area contributed by atoms with Crippen molar-refractivity contribution in [1.29, 1.82) is 0 Å². The number of carbonyl (C=O) groups excluding carboxylic acids is 3. The number of ether oxygens (including phenoxy) is 2. The molecule has 0 saturated carbocycles. The lowest BCUT2D eigenvalue weighted by Crippen LogP contribution is -2.27. The van der Waals surface area contributed by atoms with Crippen molar-refractivity contribution in [3.05, 3.63) is 59.7 Å². The largest absolute Gasteiger partial charge is 0.481 e. The highest BCUT2D eigenvalue weighted by Gasteiger charge is 2.12. The zero-order chi connectivity index (χ0) is 29.4. The van der Waals surface area contributed by atoms with Crippen molar-refractivity contribution in [1.82, 2.24) is 4.90 Å². The molecule has 0 aliphatic rings. The Morgan fingerprint density at radius 3 is 1.85 bits per heavy atom. The molecule has 0 bridgehead atoms. The van der Waals surface area contributed by atoms with E-state index in [1.165, 1.54) is 4.90 Å². The van der Waals surface area contributed by atoms with E-state index in [1.54, 1.807) is 62.6 Å². The number of carbonyl (C=O) groups is 5. The molecule has 0 fully saturated rings. The zero-order valence-electron chi connectivity index (χ0n) is 21.7. The molecule has 2 aromatic rings. The van der Waals surface area contributed by atoms with Crippen molar-refractivity contribution in [2.24, 2.45) is 16.5 Å². The molecule has 0 spiro atoms. The summed E-state index contributed by atoms with van der Waals surface area (Å²) >= 11 is 0. The van der Waals surface area contributed by atoms with E-state index in [2.05, 4.69) is 4.99 Å². The Hall–Kier alpha value is -4.94. The van der Waals surface area contributed by atoms with Crippen LogP contribution in [0.5, 0.6) is 5.75 Å². The number of hydrogen-bond donors (Lipinski definition) is 4. The molecule has 1 amide bonds. The van der Waals surface area contributed by atoms with Gasteiger partial charge in [-0.25, -0.2) is 9.79 Å². The normalized spacial score (nSPS) is 9.79. The summed E-state index contributed by atoms with van der Waals surface area (Å²) in [6.07, 6.45) is 1.02. The standard InChI is InChI=1S/C20H22N4O5.C6H10O4/c1-24(2)17(25)12-28-18(26)11-13-3-9-16(10-4-13)29-19(27)14-5-7-15(8-6-14)23-20(21)22;7-5(8)3-1-2-4-6(9)10/h3-10H,11-12H2,1-2H3,(H4,21,22,23);1-4H2,(H,7,8)(H,9,10). The minimum Gasteiger partial charge on any atom is -0.481 e. The van der Waals surface area contributed by atoms with Crippen LogP contribution in [-0.2, 0) is 30.3 Å². The maximum absolute atomic E-state index is 12.2. The number of esters is 2. The highest BCUT2D eigenvalue weighted by molar-refractivity contribution is 5.91. The first-order valence-corrected chi connectivity index (χ1v) is 11.7. The number of guanidine groups is 1. The molecule has 0 aromatic heterocycles. The van der Waals surface area contributed by atoms with E-state index in [1.807, 2.05) is 0 Å². The van der Waals surface area contributed by atoms with Gasteiger partial charge in [-0.05, 0) is 54.8 Å². The molecule has 13 heteroatoms. The highest BCUT2D eigenvalue weighted by atomic mass is 16.5. The maximum atomic E-state index is 12.2. The lowest BCUT2D eigenvalue weighted by atomic mass is 10.1. The van der Waals surface area contributed by atoms with Crippen molar-refractivity contribution in [2.75, 3.05) is 20.7 Å². The van der Waals surface area contributed by atoms with Crippen LogP contribution in [0.1, 0.15) is 41.6 Å². The van der Waals surface area contributed by atoms with E-state index >= 15 is 0 Å². The Morgan fingerprint density at radius 2 is 1.38 bits per heavy atom. The summed E-state index contributed by atoms with van der Waals surface area (Å²) in [5.41, 5.74) is 12.1. The number of benzene rings is 2. The van der Waals surface area contributed by atoms with Crippen LogP contribution in [0.15, 0.2) is 53.5 Å². The van der Waals surface area contributed by atoms with Crippen molar-refractivity contribution in [2.45, 2.75) is 32.1 Å². The predicted octanol–water partition coefficient (Wildman–Crippen LogP) is 1.70. The van der Waals surface area contributed by atoms with Gasteiger partial charge < -0.3 is 36.1 Å². The molecule has 6 N–H and O–H groups in total. The summed E-state index contributed by atoms with van der Waals surface area (Å²) < 4.78 is 10.2. The Labute approximate surface area is 225 Å². The topological polar surface area (TPSA) is 212 Å². The molecule has 210 valence electrons. The summed E-state index contributed by atoms with van der Waals surface area (Å²) in [5.74, 6) is -2.86. The molecule has 0 aliphatic heterocycles. The Morgan fingerprint density at radius 1 is 0.846 bits per heavy atom. The first-order chi connectivity index (χ1) is 18.4. The molecule has 0 atom stereocenters. The number of likely N-dealkylation sites (N-methyl/N-ethyl adjacent to an activating group) is 1. The summed E-state index contributed by atoms with van der Waals surface area (Å²) in [4.78, 5) is 60.4. The molecule has 0 aliphatic carbocycles. The molecular weight excluding hydrogens is 512 g/mol. The quantitative estimate of drug-likeness (QED) is 0.0992. The minimum absolute atomic E-state index is 0.00118. The van der Waals surface area contributed by atoms with Gasteiger partial charge in [0.1, 0.15) is 5.75 Å². The molecular formula is C26H32N4O9. The Balaban J connectivity index is 0.000000646. The molecule has 13 nitrogen and oxygen atoms in total. The van der Waals surface area contributed by atoms with Crippen molar-refractivity contribution in [3.8, 4) is 5.75 Å². The molecule has 0 radical (unpaired) electrons. The summed E-state index contributed by atoms with van der Waals surface area (Å²) in [6, 6.07) is 12.7. The molecule has 0 unspecified atom stereocenters. The van der Waals surface area contributed by atoms with Crippen molar-refractivity contribution in [3.63, 3.8) is 0 Å². The second kappa shape index (κ2) is 16.7. The summed E-state index contributed by atoms with van der Waals surface area (Å²) in [7, 11) is 3.16. The fourth-order valence-electron chi connectivity index (χ4n) is 2.70. The number of carboxylic acids is 2. The lowest BCUT2D eigenvalue weighted by Gasteiger charge is -2.10. The number of rotatable bonds is 12. The zero-order valence-corrected chi connectivity index (χ0v) is 21.7. The smallest absolute Gasteiger partial charge is 0.343 e. The third-order valence-corrected chi connectivity index (χ3v) is 4.73. The van der Waals surface area contributed by atoms with Crippen LogP contribution in [0.25, 0.3) is 0 Å². The molecule has 39 heavy (non-hydrogen) atoms. The Kier molecular flexibility index (Phi) is 13.8. The van der Waals surface area contributed by atoms with E-state index in [0.717, 1.165) is 0 Å². The number of unbranched alkanes of at least 4 members (excludes halogenated alkanes) is 1. The van der Waals surface area contributed by atoms with Gasteiger partial charge in [0.25, 0.3) is 5.91 Å². The Bertz CT molecular complexity index is 1140. The van der Waals surface area contributed by atoms with Crippen molar-refractivity contribution >= 4 is 41.4 Å². The molecule has 0 heterocycles. The van der Waals surface area contributed by atoms with Crippen LogP contribution in [0.2, 0.25) is 0 Å². The lowest BCUT2D eigenvalue weighted by molar-refractivity contribution is -0.150. The van der Waals surface area contributed by atoms with Crippen LogP contribution in [0.3, 0.4) is 0 Å². The fraction of sp³-hybridized carbons (Fsp3) is 0.308. The number of nitrogens with zero attached hydrogens (tertiary/aromatic N) is 2. The van der Waals surface area contributed by atoms with E-state index in [4.69, 9.17) is 31.2 Å². The van der Waals surface area contributed by atoms with E-state index in [0.29, 0.717) is 35.4 Å².